The fourth-order valence-electron chi connectivity index (χ4n) is 2.17. The highest BCUT2D eigenvalue weighted by Gasteiger charge is 2.21. The summed E-state index contributed by atoms with van der Waals surface area (Å²) in [6, 6.07) is 8.84. The number of carbonyl (C=O) groups is 1. The molecule has 1 heterocycles. The topological polar surface area (TPSA) is 108 Å². The number of benzene rings is 2. The van der Waals surface area contributed by atoms with E-state index in [0.717, 1.165) is 12.1 Å². The molecule has 0 unspecified atom stereocenters. The van der Waals surface area contributed by atoms with Crippen molar-refractivity contribution in [3.8, 4) is 11.5 Å². The highest BCUT2D eigenvalue weighted by Crippen LogP contribution is 2.26. The summed E-state index contributed by atoms with van der Waals surface area (Å²) in [6.45, 7) is 1.52. The van der Waals surface area contributed by atoms with Crippen LogP contribution in [-0.4, -0.2) is 21.1 Å². The first-order valence-electron chi connectivity index (χ1n) is 7.59. The van der Waals surface area contributed by atoms with Gasteiger partial charge in [0.1, 0.15) is 5.82 Å². The molecule has 10 heteroatoms. The molecule has 138 valence electrons. The van der Waals surface area contributed by atoms with Gasteiger partial charge in [0.05, 0.1) is 15.5 Å². The van der Waals surface area contributed by atoms with E-state index in [1.807, 2.05) is 0 Å². The van der Waals surface area contributed by atoms with Crippen LogP contribution in [0, 0.1) is 15.9 Å². The first kappa shape index (κ1) is 18.5. The van der Waals surface area contributed by atoms with Gasteiger partial charge in [-0.05, 0) is 37.3 Å². The largest absolute Gasteiger partial charge is 0.449 e. The highest BCUT2D eigenvalue weighted by molar-refractivity contribution is 6.33. The summed E-state index contributed by atoms with van der Waals surface area (Å²) in [7, 11) is 0. The predicted molar refractivity (Wildman–Crippen MR) is 91.6 cm³/mol. The molecule has 1 atom stereocenters. The van der Waals surface area contributed by atoms with Crippen LogP contribution in [0.15, 0.2) is 46.9 Å². The van der Waals surface area contributed by atoms with Crippen LogP contribution in [0.1, 0.15) is 29.3 Å². The quantitative estimate of drug-likeness (QED) is 0.361. The van der Waals surface area contributed by atoms with Crippen molar-refractivity contribution in [2.45, 2.75) is 13.0 Å². The fraction of sp³-hybridized carbons (Fsp3) is 0.118. The van der Waals surface area contributed by atoms with E-state index >= 15 is 0 Å². The summed E-state index contributed by atoms with van der Waals surface area (Å²) < 4.78 is 23.7. The number of aromatic nitrogens is 2. The molecule has 3 aromatic rings. The summed E-state index contributed by atoms with van der Waals surface area (Å²) >= 11 is 5.83. The zero-order chi connectivity index (χ0) is 19.6. The third-order valence-electron chi connectivity index (χ3n) is 3.55. The Morgan fingerprint density at radius 1 is 1.26 bits per heavy atom. The Morgan fingerprint density at radius 2 is 1.96 bits per heavy atom. The third kappa shape index (κ3) is 4.09. The zero-order valence-corrected chi connectivity index (χ0v) is 14.5. The summed E-state index contributed by atoms with van der Waals surface area (Å²) in [4.78, 5) is 22.3. The number of hydrogen-bond donors (Lipinski definition) is 0. The zero-order valence-electron chi connectivity index (χ0n) is 13.8. The molecular formula is C17H11ClFN3O5. The van der Waals surface area contributed by atoms with Gasteiger partial charge in [-0.1, -0.05) is 11.6 Å². The van der Waals surface area contributed by atoms with Crippen LogP contribution in [0.3, 0.4) is 0 Å². The average Bonchev–Trinajstić information content (AvgIpc) is 3.12. The molecule has 1 aromatic heterocycles. The van der Waals surface area contributed by atoms with Crippen molar-refractivity contribution in [3.05, 3.63) is 74.9 Å². The van der Waals surface area contributed by atoms with Crippen molar-refractivity contribution in [1.29, 1.82) is 0 Å². The summed E-state index contributed by atoms with van der Waals surface area (Å²) in [5.74, 6) is -1.21. The molecule has 0 amide bonds. The Labute approximate surface area is 156 Å². The van der Waals surface area contributed by atoms with Gasteiger partial charge in [-0.25, -0.2) is 9.18 Å². The maximum atomic E-state index is 13.1. The molecule has 0 spiro atoms. The Morgan fingerprint density at radius 3 is 2.59 bits per heavy atom. The van der Waals surface area contributed by atoms with Gasteiger partial charge >= 0.3 is 5.97 Å². The molecule has 8 nitrogen and oxygen atoms in total. The van der Waals surface area contributed by atoms with Crippen LogP contribution < -0.4 is 0 Å². The molecule has 27 heavy (non-hydrogen) atoms. The van der Waals surface area contributed by atoms with E-state index in [9.17, 15) is 19.3 Å². The molecule has 0 radical (unpaired) electrons. The van der Waals surface area contributed by atoms with Gasteiger partial charge in [0.2, 0.25) is 5.89 Å². The summed E-state index contributed by atoms with van der Waals surface area (Å²) in [5.41, 5.74) is 0.399. The number of carbonyl (C=O) groups excluding carboxylic acids is 1. The number of hydrogen-bond acceptors (Lipinski definition) is 7. The Bertz CT molecular complexity index is 1010. The van der Waals surface area contributed by atoms with Crippen LogP contribution in [-0.2, 0) is 4.74 Å². The number of nitro benzene ring substituents is 1. The van der Waals surface area contributed by atoms with Crippen molar-refractivity contribution >= 4 is 23.3 Å². The lowest BCUT2D eigenvalue weighted by Crippen LogP contribution is -2.10. The van der Waals surface area contributed by atoms with E-state index in [0.29, 0.717) is 5.56 Å². The normalized spacial score (nSPS) is 11.8. The number of halogens is 2. The number of rotatable bonds is 5. The number of nitro groups is 1. The number of nitrogens with zero attached hydrogens (tertiary/aromatic N) is 3. The standard InChI is InChI=1S/C17H11ClFN3O5/c1-9(26-17(23)13-7-4-11(19)8-14(13)18)15-20-21-16(27-15)10-2-5-12(6-3-10)22(24)25/h2-9H,1H3/t9-/m1/s1. The number of esters is 1. The van der Waals surface area contributed by atoms with E-state index in [4.69, 9.17) is 20.8 Å². The lowest BCUT2D eigenvalue weighted by atomic mass is 10.2. The van der Waals surface area contributed by atoms with E-state index in [1.54, 1.807) is 0 Å². The van der Waals surface area contributed by atoms with Crippen LogP contribution in [0.5, 0.6) is 0 Å². The van der Waals surface area contributed by atoms with Crippen molar-refractivity contribution < 1.29 is 23.3 Å². The molecule has 0 aliphatic heterocycles. The van der Waals surface area contributed by atoms with Gasteiger partial charge in [0.15, 0.2) is 6.10 Å². The van der Waals surface area contributed by atoms with Gasteiger partial charge in [0.25, 0.3) is 11.6 Å². The maximum Gasteiger partial charge on any atom is 0.340 e. The number of non-ortho nitro benzene ring substituents is 1. The van der Waals surface area contributed by atoms with Crippen LogP contribution in [0.4, 0.5) is 10.1 Å². The van der Waals surface area contributed by atoms with E-state index in [1.165, 1.54) is 37.3 Å². The van der Waals surface area contributed by atoms with Gasteiger partial charge in [-0.2, -0.15) is 0 Å². The monoisotopic (exact) mass is 391 g/mol. The van der Waals surface area contributed by atoms with Crippen molar-refractivity contribution in [2.75, 3.05) is 0 Å². The van der Waals surface area contributed by atoms with Crippen LogP contribution in [0.25, 0.3) is 11.5 Å². The molecule has 0 bridgehead atoms. The Hall–Kier alpha value is -3.33. The van der Waals surface area contributed by atoms with Crippen LogP contribution >= 0.6 is 11.6 Å². The molecule has 0 aliphatic rings. The van der Waals surface area contributed by atoms with Crippen molar-refractivity contribution in [1.82, 2.24) is 10.2 Å². The molecule has 3 rings (SSSR count). The molecule has 0 N–H and O–H groups in total. The van der Waals surface area contributed by atoms with Gasteiger partial charge in [-0.3, -0.25) is 10.1 Å². The second kappa shape index (κ2) is 7.50. The van der Waals surface area contributed by atoms with Crippen molar-refractivity contribution in [3.63, 3.8) is 0 Å². The summed E-state index contributed by atoms with van der Waals surface area (Å²) in [5, 5.41) is 18.3. The third-order valence-corrected chi connectivity index (χ3v) is 3.86. The molecule has 2 aromatic carbocycles. The fourth-order valence-corrected chi connectivity index (χ4v) is 2.42. The average molecular weight is 392 g/mol. The second-order valence-electron chi connectivity index (χ2n) is 5.42. The minimum Gasteiger partial charge on any atom is -0.449 e. The predicted octanol–water partition coefficient (Wildman–Crippen LogP) is 4.36. The van der Waals surface area contributed by atoms with E-state index in [2.05, 4.69) is 10.2 Å². The van der Waals surface area contributed by atoms with Gasteiger partial charge < -0.3 is 9.15 Å². The van der Waals surface area contributed by atoms with E-state index < -0.39 is 22.8 Å². The lowest BCUT2D eigenvalue weighted by molar-refractivity contribution is -0.384. The summed E-state index contributed by atoms with van der Waals surface area (Å²) in [6.07, 6.45) is -0.891. The minimum atomic E-state index is -0.891. The minimum absolute atomic E-state index is 0.0000225. The smallest absolute Gasteiger partial charge is 0.340 e. The van der Waals surface area contributed by atoms with Crippen molar-refractivity contribution in [2.24, 2.45) is 0 Å². The van der Waals surface area contributed by atoms with E-state index in [-0.39, 0.29) is 28.1 Å². The first-order chi connectivity index (χ1) is 12.8. The molecular weight excluding hydrogens is 381 g/mol. The first-order valence-corrected chi connectivity index (χ1v) is 7.97. The molecule has 0 fully saturated rings. The Balaban J connectivity index is 1.73. The molecule has 0 saturated carbocycles. The van der Waals surface area contributed by atoms with Crippen LogP contribution in [0.2, 0.25) is 5.02 Å². The SMILES string of the molecule is C[C@@H](OC(=O)c1ccc(F)cc1Cl)c1nnc(-c2ccc([N+](=O)[O-])cc2)o1. The van der Waals surface area contributed by atoms with Gasteiger partial charge in [0, 0.05) is 17.7 Å². The molecule has 0 saturated heterocycles. The van der Waals surface area contributed by atoms with Gasteiger partial charge in [-0.15, -0.1) is 10.2 Å². The number of ether oxygens (including phenoxy) is 1. The lowest BCUT2D eigenvalue weighted by Gasteiger charge is -2.10. The highest BCUT2D eigenvalue weighted by atomic mass is 35.5. The molecule has 0 aliphatic carbocycles. The maximum absolute atomic E-state index is 13.1. The second-order valence-corrected chi connectivity index (χ2v) is 5.83. The Kier molecular flexibility index (Phi) is 5.13.